The lowest BCUT2D eigenvalue weighted by atomic mass is 10.2. The summed E-state index contributed by atoms with van der Waals surface area (Å²) in [5.74, 6) is 0.424. The Morgan fingerprint density at radius 3 is 2.76 bits per heavy atom. The molecule has 0 radical (unpaired) electrons. The number of thioether (sulfide) groups is 1. The molecule has 0 heterocycles. The quantitative estimate of drug-likeness (QED) is 0.847. The van der Waals surface area contributed by atoms with Gasteiger partial charge in [-0.05, 0) is 47.3 Å². The maximum absolute atomic E-state index is 12.9. The molecule has 0 N–H and O–H groups in total. The molecule has 1 aromatic carbocycles. The summed E-state index contributed by atoms with van der Waals surface area (Å²) in [6.07, 6.45) is 2.00. The zero-order chi connectivity index (χ0) is 13.0. The van der Waals surface area contributed by atoms with E-state index in [1.807, 2.05) is 13.2 Å². The fourth-order valence-electron chi connectivity index (χ4n) is 1.41. The fourth-order valence-corrected chi connectivity index (χ4v) is 2.63. The number of hydrogen-bond acceptors (Lipinski definition) is 2. The Morgan fingerprint density at radius 2 is 2.24 bits per heavy atom. The minimum atomic E-state index is -0.353. The van der Waals surface area contributed by atoms with Crippen LogP contribution in [0.3, 0.4) is 0 Å². The number of rotatable bonds is 4. The Labute approximate surface area is 114 Å². The van der Waals surface area contributed by atoms with Gasteiger partial charge >= 0.3 is 0 Å². The van der Waals surface area contributed by atoms with Gasteiger partial charge in [-0.15, -0.1) is 0 Å². The molecular weight excluding hydrogens is 305 g/mol. The van der Waals surface area contributed by atoms with Crippen LogP contribution in [0.4, 0.5) is 4.39 Å². The van der Waals surface area contributed by atoms with Gasteiger partial charge in [0.1, 0.15) is 5.82 Å². The van der Waals surface area contributed by atoms with Crippen molar-refractivity contribution in [2.75, 3.05) is 19.1 Å². The number of carbonyl (C=O) groups excluding carboxylic acids is 1. The third-order valence-electron chi connectivity index (χ3n) is 2.55. The molecule has 0 fully saturated rings. The largest absolute Gasteiger partial charge is 0.338 e. The smallest absolute Gasteiger partial charge is 0.255 e. The van der Waals surface area contributed by atoms with Crippen molar-refractivity contribution in [2.45, 2.75) is 13.0 Å². The van der Waals surface area contributed by atoms with E-state index in [0.717, 1.165) is 5.75 Å². The molecule has 0 aliphatic heterocycles. The number of hydrogen-bond donors (Lipinski definition) is 0. The first-order chi connectivity index (χ1) is 7.97. The number of amides is 1. The molecule has 1 atom stereocenters. The third kappa shape index (κ3) is 3.71. The SMILES string of the molecule is CSCC(C)N(C)C(=O)c1ccc(F)cc1Br. The van der Waals surface area contributed by atoms with Crippen LogP contribution in [0.5, 0.6) is 0 Å². The number of halogens is 2. The van der Waals surface area contributed by atoms with Gasteiger partial charge in [-0.2, -0.15) is 11.8 Å². The Morgan fingerprint density at radius 1 is 1.59 bits per heavy atom. The van der Waals surface area contributed by atoms with Gasteiger partial charge in [0.15, 0.2) is 0 Å². The zero-order valence-corrected chi connectivity index (χ0v) is 12.4. The monoisotopic (exact) mass is 319 g/mol. The summed E-state index contributed by atoms with van der Waals surface area (Å²) in [4.78, 5) is 13.8. The second kappa shape index (κ2) is 6.40. The molecule has 1 aromatic rings. The molecule has 94 valence electrons. The van der Waals surface area contributed by atoms with Gasteiger partial charge in [0, 0.05) is 23.3 Å². The predicted octanol–water partition coefficient (Wildman–Crippen LogP) is 3.41. The molecule has 0 saturated carbocycles. The molecule has 1 amide bonds. The van der Waals surface area contributed by atoms with Gasteiger partial charge in [-0.3, -0.25) is 4.79 Å². The summed E-state index contributed by atoms with van der Waals surface area (Å²) in [7, 11) is 1.76. The van der Waals surface area contributed by atoms with E-state index in [1.54, 1.807) is 23.7 Å². The van der Waals surface area contributed by atoms with E-state index in [-0.39, 0.29) is 17.8 Å². The maximum Gasteiger partial charge on any atom is 0.255 e. The van der Waals surface area contributed by atoms with Crippen molar-refractivity contribution in [3.63, 3.8) is 0 Å². The molecule has 0 aromatic heterocycles. The first-order valence-electron chi connectivity index (χ1n) is 5.18. The standard InChI is InChI=1S/C12H15BrFNOS/c1-8(7-17-3)15(2)12(16)10-5-4-9(14)6-11(10)13/h4-6,8H,7H2,1-3H3. The van der Waals surface area contributed by atoms with Crippen LogP contribution in [0.1, 0.15) is 17.3 Å². The summed E-state index contributed by atoms with van der Waals surface area (Å²) in [5.41, 5.74) is 0.488. The van der Waals surface area contributed by atoms with Crippen molar-refractivity contribution in [3.8, 4) is 0 Å². The molecule has 1 unspecified atom stereocenters. The van der Waals surface area contributed by atoms with Crippen LogP contribution in [-0.4, -0.2) is 35.9 Å². The predicted molar refractivity (Wildman–Crippen MR) is 74.0 cm³/mol. The minimum Gasteiger partial charge on any atom is -0.338 e. The first kappa shape index (κ1) is 14.5. The molecule has 0 spiro atoms. The number of benzene rings is 1. The van der Waals surface area contributed by atoms with Gasteiger partial charge in [0.05, 0.1) is 5.56 Å². The van der Waals surface area contributed by atoms with E-state index < -0.39 is 0 Å². The van der Waals surface area contributed by atoms with E-state index in [2.05, 4.69) is 15.9 Å². The molecule has 0 bridgehead atoms. The van der Waals surface area contributed by atoms with Crippen molar-refractivity contribution in [3.05, 3.63) is 34.1 Å². The maximum atomic E-state index is 12.9. The van der Waals surface area contributed by atoms with Gasteiger partial charge < -0.3 is 4.90 Å². The molecular formula is C12H15BrFNOS. The van der Waals surface area contributed by atoms with Gasteiger partial charge in [0.25, 0.3) is 5.91 Å². The van der Waals surface area contributed by atoms with Gasteiger partial charge in [-0.1, -0.05) is 0 Å². The van der Waals surface area contributed by atoms with Crippen LogP contribution in [0.15, 0.2) is 22.7 Å². The molecule has 0 aliphatic carbocycles. The lowest BCUT2D eigenvalue weighted by molar-refractivity contribution is 0.0756. The number of nitrogens with zero attached hydrogens (tertiary/aromatic N) is 1. The Kier molecular flexibility index (Phi) is 5.46. The second-order valence-corrected chi connectivity index (χ2v) is 5.61. The van der Waals surface area contributed by atoms with Crippen LogP contribution in [0.2, 0.25) is 0 Å². The molecule has 1 rings (SSSR count). The highest BCUT2D eigenvalue weighted by Gasteiger charge is 2.19. The van der Waals surface area contributed by atoms with Crippen LogP contribution in [-0.2, 0) is 0 Å². The number of carbonyl (C=O) groups is 1. The Balaban J connectivity index is 2.88. The lowest BCUT2D eigenvalue weighted by Gasteiger charge is -2.24. The van der Waals surface area contributed by atoms with Gasteiger partial charge in [0.2, 0.25) is 0 Å². The van der Waals surface area contributed by atoms with Crippen molar-refractivity contribution >= 4 is 33.6 Å². The van der Waals surface area contributed by atoms with E-state index >= 15 is 0 Å². The summed E-state index contributed by atoms with van der Waals surface area (Å²) in [6.45, 7) is 1.99. The molecule has 17 heavy (non-hydrogen) atoms. The summed E-state index contributed by atoms with van der Waals surface area (Å²) < 4.78 is 13.4. The molecule has 0 aliphatic rings. The van der Waals surface area contributed by atoms with Crippen LogP contribution in [0, 0.1) is 5.82 Å². The van der Waals surface area contributed by atoms with Crippen LogP contribution in [0.25, 0.3) is 0 Å². The fraction of sp³-hybridized carbons (Fsp3) is 0.417. The zero-order valence-electron chi connectivity index (χ0n) is 10.0. The van der Waals surface area contributed by atoms with Crippen LogP contribution < -0.4 is 0 Å². The minimum absolute atomic E-state index is 0.0987. The van der Waals surface area contributed by atoms with Gasteiger partial charge in [-0.25, -0.2) is 4.39 Å². The van der Waals surface area contributed by atoms with Crippen molar-refractivity contribution in [1.82, 2.24) is 4.90 Å². The van der Waals surface area contributed by atoms with Crippen molar-refractivity contribution < 1.29 is 9.18 Å². The summed E-state index contributed by atoms with van der Waals surface area (Å²) >= 11 is 4.90. The summed E-state index contributed by atoms with van der Waals surface area (Å²) in [6, 6.07) is 4.25. The average molecular weight is 320 g/mol. The van der Waals surface area contributed by atoms with Crippen molar-refractivity contribution in [1.29, 1.82) is 0 Å². The molecule has 0 saturated heterocycles. The highest BCUT2D eigenvalue weighted by Crippen LogP contribution is 2.20. The highest BCUT2D eigenvalue weighted by molar-refractivity contribution is 9.10. The molecule has 2 nitrogen and oxygen atoms in total. The average Bonchev–Trinajstić information content (AvgIpc) is 2.27. The molecule has 5 heteroatoms. The third-order valence-corrected chi connectivity index (χ3v) is 4.02. The second-order valence-electron chi connectivity index (χ2n) is 3.84. The lowest BCUT2D eigenvalue weighted by Crippen LogP contribution is -2.36. The summed E-state index contributed by atoms with van der Waals surface area (Å²) in [5, 5.41) is 0. The topological polar surface area (TPSA) is 20.3 Å². The van der Waals surface area contributed by atoms with E-state index in [1.165, 1.54) is 18.2 Å². The Hall–Kier alpha value is -0.550. The normalized spacial score (nSPS) is 12.3. The first-order valence-corrected chi connectivity index (χ1v) is 7.37. The Bertz CT molecular complexity index is 413. The van der Waals surface area contributed by atoms with E-state index in [4.69, 9.17) is 0 Å². The van der Waals surface area contributed by atoms with Crippen molar-refractivity contribution in [2.24, 2.45) is 0 Å². The van der Waals surface area contributed by atoms with E-state index in [9.17, 15) is 9.18 Å². The highest BCUT2D eigenvalue weighted by atomic mass is 79.9. The van der Waals surface area contributed by atoms with E-state index in [0.29, 0.717) is 10.0 Å². The van der Waals surface area contributed by atoms with Crippen LogP contribution >= 0.6 is 27.7 Å².